The first-order valence-corrected chi connectivity index (χ1v) is 6.96. The van der Waals surface area contributed by atoms with E-state index in [0.29, 0.717) is 18.2 Å². The molecule has 1 aliphatic heterocycles. The minimum absolute atomic E-state index is 0.00127. The molecule has 2 N–H and O–H groups in total. The second-order valence-electron chi connectivity index (χ2n) is 5.16. The zero-order valence-electron chi connectivity index (χ0n) is 10.3. The van der Waals surface area contributed by atoms with E-state index in [2.05, 4.69) is 0 Å². The van der Waals surface area contributed by atoms with Gasteiger partial charge in [0.05, 0.1) is 0 Å². The summed E-state index contributed by atoms with van der Waals surface area (Å²) in [6.45, 7) is 1.17. The molecule has 0 amide bonds. The first-order valence-electron chi connectivity index (χ1n) is 6.58. The van der Waals surface area contributed by atoms with Crippen LogP contribution in [0.5, 0.6) is 11.5 Å². The molecule has 1 heterocycles. The van der Waals surface area contributed by atoms with Crippen LogP contribution in [0.1, 0.15) is 37.3 Å². The number of fused-ring (bicyclic) bond motifs is 1. The summed E-state index contributed by atoms with van der Waals surface area (Å²) < 4.78 is 11.1. The normalized spacial score (nSPS) is 20.3. The van der Waals surface area contributed by atoms with E-state index < -0.39 is 0 Å². The second kappa shape index (κ2) is 4.98. The van der Waals surface area contributed by atoms with Gasteiger partial charge in [0.25, 0.3) is 0 Å². The molecule has 1 aromatic rings. The zero-order chi connectivity index (χ0) is 12.5. The predicted octanol–water partition coefficient (Wildman–Crippen LogP) is 3.30. The van der Waals surface area contributed by atoms with Gasteiger partial charge in [-0.25, -0.2) is 0 Å². The van der Waals surface area contributed by atoms with E-state index in [4.69, 9.17) is 26.8 Å². The first-order chi connectivity index (χ1) is 8.74. The van der Waals surface area contributed by atoms with Crippen LogP contribution in [-0.4, -0.2) is 13.2 Å². The average molecular weight is 268 g/mol. The number of halogens is 1. The molecule has 1 fully saturated rings. The van der Waals surface area contributed by atoms with Gasteiger partial charge in [-0.3, -0.25) is 0 Å². The highest BCUT2D eigenvalue weighted by molar-refractivity contribution is 6.31. The van der Waals surface area contributed by atoms with Crippen molar-refractivity contribution in [3.05, 3.63) is 22.7 Å². The number of rotatable bonds is 3. The van der Waals surface area contributed by atoms with E-state index >= 15 is 0 Å². The van der Waals surface area contributed by atoms with Crippen molar-refractivity contribution in [2.45, 2.75) is 31.7 Å². The Morgan fingerprint density at radius 3 is 2.50 bits per heavy atom. The molecule has 0 aromatic heterocycles. The molecule has 1 saturated carbocycles. The maximum Gasteiger partial charge on any atom is 0.162 e. The van der Waals surface area contributed by atoms with Crippen LogP contribution >= 0.6 is 11.6 Å². The Morgan fingerprint density at radius 1 is 1.22 bits per heavy atom. The van der Waals surface area contributed by atoms with Crippen LogP contribution < -0.4 is 15.2 Å². The van der Waals surface area contributed by atoms with Crippen LogP contribution in [0, 0.1) is 5.92 Å². The van der Waals surface area contributed by atoms with Gasteiger partial charge >= 0.3 is 0 Å². The number of ether oxygens (including phenoxy) is 2. The fourth-order valence-corrected chi connectivity index (χ4v) is 2.87. The molecule has 18 heavy (non-hydrogen) atoms. The van der Waals surface area contributed by atoms with Gasteiger partial charge in [-0.1, -0.05) is 30.9 Å². The molecule has 0 spiro atoms. The minimum atomic E-state index is -0.00127. The van der Waals surface area contributed by atoms with Crippen LogP contribution in [0.4, 0.5) is 0 Å². The highest BCUT2D eigenvalue weighted by Gasteiger charge is 2.24. The topological polar surface area (TPSA) is 44.5 Å². The van der Waals surface area contributed by atoms with Crippen molar-refractivity contribution in [1.82, 2.24) is 0 Å². The highest BCUT2D eigenvalue weighted by Crippen LogP contribution is 2.40. The summed E-state index contributed by atoms with van der Waals surface area (Å²) in [7, 11) is 0. The fourth-order valence-electron chi connectivity index (χ4n) is 2.58. The van der Waals surface area contributed by atoms with Crippen molar-refractivity contribution in [1.29, 1.82) is 0 Å². The van der Waals surface area contributed by atoms with E-state index in [1.54, 1.807) is 0 Å². The largest absolute Gasteiger partial charge is 0.486 e. The summed E-state index contributed by atoms with van der Waals surface area (Å²) in [4.78, 5) is 0. The highest BCUT2D eigenvalue weighted by atomic mass is 35.5. The number of nitrogens with two attached hydrogens (primary N) is 1. The summed E-state index contributed by atoms with van der Waals surface area (Å²) in [6.07, 6.45) is 4.96. The van der Waals surface area contributed by atoms with Crippen LogP contribution in [0.3, 0.4) is 0 Å². The van der Waals surface area contributed by atoms with E-state index in [1.165, 1.54) is 19.3 Å². The lowest BCUT2D eigenvalue weighted by atomic mass is 9.80. The van der Waals surface area contributed by atoms with Gasteiger partial charge < -0.3 is 15.2 Å². The van der Waals surface area contributed by atoms with E-state index in [1.807, 2.05) is 12.1 Å². The summed E-state index contributed by atoms with van der Waals surface area (Å²) in [5.74, 6) is 2.26. The Labute approximate surface area is 112 Å². The molecular weight excluding hydrogens is 250 g/mol. The summed E-state index contributed by atoms with van der Waals surface area (Å²) >= 11 is 6.29. The lowest BCUT2D eigenvalue weighted by Gasteiger charge is -2.29. The van der Waals surface area contributed by atoms with Gasteiger partial charge in [0.1, 0.15) is 13.2 Å². The molecule has 0 bridgehead atoms. The van der Waals surface area contributed by atoms with E-state index in [0.717, 1.165) is 29.4 Å². The van der Waals surface area contributed by atoms with E-state index in [-0.39, 0.29) is 6.04 Å². The van der Waals surface area contributed by atoms with Crippen molar-refractivity contribution in [3.63, 3.8) is 0 Å². The lowest BCUT2D eigenvalue weighted by molar-refractivity contribution is 0.171. The van der Waals surface area contributed by atoms with Crippen LogP contribution in [0.15, 0.2) is 12.1 Å². The maximum absolute atomic E-state index is 6.29. The molecule has 3 rings (SSSR count). The first kappa shape index (κ1) is 12.1. The van der Waals surface area contributed by atoms with Crippen LogP contribution in [0.2, 0.25) is 5.02 Å². The van der Waals surface area contributed by atoms with Gasteiger partial charge in [0.15, 0.2) is 11.5 Å². The van der Waals surface area contributed by atoms with Gasteiger partial charge in [-0.05, 0) is 24.0 Å². The molecule has 1 atom stereocenters. The SMILES string of the molecule is NC(CC1CCC1)c1cc2c(cc1Cl)OCCO2. The molecule has 1 aliphatic carbocycles. The predicted molar refractivity (Wildman–Crippen MR) is 71.3 cm³/mol. The van der Waals surface area contributed by atoms with Gasteiger partial charge in [-0.2, -0.15) is 0 Å². The van der Waals surface area contributed by atoms with Gasteiger partial charge in [-0.15, -0.1) is 0 Å². The molecule has 3 nitrogen and oxygen atoms in total. The Kier molecular flexibility index (Phi) is 3.35. The molecular formula is C14H18ClNO2. The monoisotopic (exact) mass is 267 g/mol. The quantitative estimate of drug-likeness (QED) is 0.914. The molecule has 0 saturated heterocycles. The fraction of sp³-hybridized carbons (Fsp3) is 0.571. The standard InChI is InChI=1S/C14H18ClNO2/c15-11-8-14-13(17-4-5-18-14)7-10(11)12(16)6-9-2-1-3-9/h7-9,12H,1-6,16H2. The Morgan fingerprint density at radius 2 is 1.89 bits per heavy atom. The smallest absolute Gasteiger partial charge is 0.162 e. The van der Waals surface area contributed by atoms with Gasteiger partial charge in [0.2, 0.25) is 0 Å². The van der Waals surface area contributed by atoms with Crippen molar-refractivity contribution >= 4 is 11.6 Å². The van der Waals surface area contributed by atoms with Crippen molar-refractivity contribution in [2.24, 2.45) is 11.7 Å². The molecule has 98 valence electrons. The Hall–Kier alpha value is -0.930. The summed E-state index contributed by atoms with van der Waals surface area (Å²) in [6, 6.07) is 3.77. The number of benzene rings is 1. The summed E-state index contributed by atoms with van der Waals surface area (Å²) in [5, 5.41) is 0.686. The van der Waals surface area contributed by atoms with Crippen LogP contribution in [0.25, 0.3) is 0 Å². The molecule has 4 heteroatoms. The van der Waals surface area contributed by atoms with Crippen LogP contribution in [-0.2, 0) is 0 Å². The zero-order valence-corrected chi connectivity index (χ0v) is 11.1. The molecule has 1 unspecified atom stereocenters. The summed E-state index contributed by atoms with van der Waals surface area (Å²) in [5.41, 5.74) is 7.24. The minimum Gasteiger partial charge on any atom is -0.486 e. The second-order valence-corrected chi connectivity index (χ2v) is 5.56. The van der Waals surface area contributed by atoms with Crippen molar-refractivity contribution < 1.29 is 9.47 Å². The van der Waals surface area contributed by atoms with Crippen molar-refractivity contribution in [3.8, 4) is 11.5 Å². The number of hydrogen-bond donors (Lipinski definition) is 1. The molecule has 2 aliphatic rings. The Balaban J connectivity index is 1.81. The average Bonchev–Trinajstić information content (AvgIpc) is 2.32. The third kappa shape index (κ3) is 2.29. The lowest BCUT2D eigenvalue weighted by Crippen LogP contribution is -2.21. The molecule has 1 aromatic carbocycles. The Bertz CT molecular complexity index is 446. The number of hydrogen-bond acceptors (Lipinski definition) is 3. The third-order valence-electron chi connectivity index (χ3n) is 3.87. The van der Waals surface area contributed by atoms with Gasteiger partial charge in [0, 0.05) is 17.1 Å². The van der Waals surface area contributed by atoms with Crippen molar-refractivity contribution in [2.75, 3.05) is 13.2 Å². The third-order valence-corrected chi connectivity index (χ3v) is 4.20. The van der Waals surface area contributed by atoms with E-state index in [9.17, 15) is 0 Å². The maximum atomic E-state index is 6.29. The molecule has 0 radical (unpaired) electrons.